The number of fused-ring (bicyclic) bond motifs is 1. The number of carbonyl (C=O) groups excluding carboxylic acids is 2. The van der Waals surface area contributed by atoms with Gasteiger partial charge in [-0.2, -0.15) is 5.10 Å². The summed E-state index contributed by atoms with van der Waals surface area (Å²) < 4.78 is 14.0. The molecule has 0 saturated heterocycles. The van der Waals surface area contributed by atoms with Crippen LogP contribution in [0.5, 0.6) is 0 Å². The van der Waals surface area contributed by atoms with Crippen LogP contribution in [0.15, 0.2) is 16.5 Å². The number of carbonyl (C=O) groups is 2. The highest BCUT2D eigenvalue weighted by atomic mass is 32.2. The van der Waals surface area contributed by atoms with Crippen molar-refractivity contribution in [2.24, 2.45) is 5.41 Å². The van der Waals surface area contributed by atoms with Gasteiger partial charge in [-0.05, 0) is 34.6 Å². The topological polar surface area (TPSA) is 75.0 Å². The molecule has 0 fully saturated rings. The van der Waals surface area contributed by atoms with Gasteiger partial charge in [-0.3, -0.25) is 9.59 Å². The molecule has 7 heteroatoms. The van der Waals surface area contributed by atoms with Gasteiger partial charge in [0.15, 0.2) is 5.78 Å². The number of aromatic nitrogens is 2. The fourth-order valence-corrected chi connectivity index (χ4v) is 5.27. The Morgan fingerprint density at radius 2 is 2.13 bits per heavy atom. The van der Waals surface area contributed by atoms with Crippen LogP contribution in [0.1, 0.15) is 47.9 Å². The van der Waals surface area contributed by atoms with Gasteiger partial charge in [0.1, 0.15) is 11.9 Å². The van der Waals surface area contributed by atoms with E-state index in [1.54, 1.807) is 18.5 Å². The van der Waals surface area contributed by atoms with Crippen LogP contribution < -0.4 is 0 Å². The van der Waals surface area contributed by atoms with Crippen LogP contribution in [0.4, 0.5) is 0 Å². The highest BCUT2D eigenvalue weighted by Crippen LogP contribution is 2.46. The van der Waals surface area contributed by atoms with Gasteiger partial charge in [-0.1, -0.05) is 25.2 Å². The summed E-state index contributed by atoms with van der Waals surface area (Å²) in [7, 11) is 0. The van der Waals surface area contributed by atoms with Gasteiger partial charge < -0.3 is 4.55 Å². The highest BCUT2D eigenvalue weighted by molar-refractivity contribution is 7.93. The van der Waals surface area contributed by atoms with Crippen molar-refractivity contribution < 1.29 is 14.1 Å². The second-order valence-corrected chi connectivity index (χ2v) is 9.23. The molecular weight excluding hydrogens is 332 g/mol. The molecule has 0 saturated carbocycles. The van der Waals surface area contributed by atoms with E-state index in [9.17, 15) is 14.1 Å². The predicted octanol–water partition coefficient (Wildman–Crippen LogP) is 3.16. The van der Waals surface area contributed by atoms with Crippen molar-refractivity contribution in [2.75, 3.05) is 6.26 Å². The van der Waals surface area contributed by atoms with Crippen molar-refractivity contribution in [3.63, 3.8) is 0 Å². The van der Waals surface area contributed by atoms with Gasteiger partial charge in [0.2, 0.25) is 10.1 Å². The van der Waals surface area contributed by atoms with E-state index in [0.717, 1.165) is 16.9 Å². The van der Waals surface area contributed by atoms with Crippen molar-refractivity contribution in [3.8, 4) is 10.6 Å². The number of Topliss-reactive ketones (excluding diaryl/α,β-unsaturated/α-hetero) is 1. The summed E-state index contributed by atoms with van der Waals surface area (Å²) in [4.78, 5) is 24.9. The SMILES string of the molecule is CC(=O)n1ccc(-c2sc([S+](C)[O-])c3c2CC(C)(C)CC3=O)n1. The molecule has 23 heavy (non-hydrogen) atoms. The molecule has 122 valence electrons. The maximum Gasteiger partial charge on any atom is 0.243 e. The molecular formula is C16H18N2O3S2. The number of ketones is 1. The summed E-state index contributed by atoms with van der Waals surface area (Å²) in [5.74, 6) is -0.118. The Bertz CT molecular complexity index is 802. The van der Waals surface area contributed by atoms with Crippen molar-refractivity contribution in [3.05, 3.63) is 23.4 Å². The van der Waals surface area contributed by atoms with Crippen LogP contribution in [0.25, 0.3) is 10.6 Å². The third-order valence-corrected chi connectivity index (χ3v) is 6.68. The third-order valence-electron chi connectivity index (χ3n) is 3.95. The van der Waals surface area contributed by atoms with Crippen molar-refractivity contribution in [1.82, 2.24) is 9.78 Å². The molecule has 0 aromatic carbocycles. The lowest BCUT2D eigenvalue weighted by atomic mass is 9.74. The number of rotatable bonds is 2. The van der Waals surface area contributed by atoms with Gasteiger partial charge in [-0.25, -0.2) is 4.68 Å². The number of nitrogens with zero attached hydrogens (tertiary/aromatic N) is 2. The Hall–Kier alpha value is -1.44. The molecule has 3 rings (SSSR count). The van der Waals surface area contributed by atoms with Crippen molar-refractivity contribution >= 4 is 34.2 Å². The lowest BCUT2D eigenvalue weighted by Crippen LogP contribution is -2.27. The molecule has 1 aliphatic rings. The number of thiophene rings is 1. The second kappa shape index (κ2) is 5.58. The summed E-state index contributed by atoms with van der Waals surface area (Å²) in [5, 5.41) is 4.30. The van der Waals surface area contributed by atoms with E-state index in [1.807, 2.05) is 0 Å². The molecule has 1 atom stereocenters. The minimum Gasteiger partial charge on any atom is -0.611 e. The summed E-state index contributed by atoms with van der Waals surface area (Å²) in [5.41, 5.74) is 2.07. The van der Waals surface area contributed by atoms with Crippen LogP contribution in [0.3, 0.4) is 0 Å². The van der Waals surface area contributed by atoms with Gasteiger partial charge in [0, 0.05) is 19.5 Å². The van der Waals surface area contributed by atoms with E-state index in [1.165, 1.54) is 22.9 Å². The molecule has 5 nitrogen and oxygen atoms in total. The molecule has 0 radical (unpaired) electrons. The van der Waals surface area contributed by atoms with Crippen molar-refractivity contribution in [1.29, 1.82) is 0 Å². The molecule has 0 amide bonds. The number of hydrogen-bond acceptors (Lipinski definition) is 5. The molecule has 0 aliphatic heterocycles. The van der Waals surface area contributed by atoms with E-state index >= 15 is 0 Å². The van der Waals surface area contributed by atoms with E-state index in [0.29, 0.717) is 21.9 Å². The van der Waals surface area contributed by atoms with E-state index in [-0.39, 0.29) is 17.1 Å². The molecule has 2 aromatic heterocycles. The first-order valence-corrected chi connectivity index (χ1v) is 9.66. The molecule has 1 aliphatic carbocycles. The van der Waals surface area contributed by atoms with Crippen LogP contribution in [-0.2, 0) is 17.6 Å². The minimum absolute atomic E-state index is 0.0509. The lowest BCUT2D eigenvalue weighted by molar-refractivity contribution is 0.0904. The fourth-order valence-electron chi connectivity index (χ4n) is 2.99. The quantitative estimate of drug-likeness (QED) is 0.780. The smallest absolute Gasteiger partial charge is 0.243 e. The van der Waals surface area contributed by atoms with Gasteiger partial charge in [-0.15, -0.1) is 0 Å². The highest BCUT2D eigenvalue weighted by Gasteiger charge is 2.39. The Morgan fingerprint density at radius 1 is 1.43 bits per heavy atom. The first-order valence-electron chi connectivity index (χ1n) is 7.29. The average Bonchev–Trinajstić information content (AvgIpc) is 3.00. The zero-order valence-corrected chi connectivity index (χ0v) is 15.1. The van der Waals surface area contributed by atoms with Crippen LogP contribution >= 0.6 is 11.3 Å². The Kier molecular flexibility index (Phi) is 3.98. The van der Waals surface area contributed by atoms with Gasteiger partial charge >= 0.3 is 0 Å². The molecule has 1 unspecified atom stereocenters. The lowest BCUT2D eigenvalue weighted by Gasteiger charge is -2.29. The van der Waals surface area contributed by atoms with E-state index < -0.39 is 11.2 Å². The van der Waals surface area contributed by atoms with Crippen LogP contribution in [-0.4, -0.2) is 32.3 Å². The Balaban J connectivity index is 2.20. The molecule has 0 spiro atoms. The van der Waals surface area contributed by atoms with E-state index in [2.05, 4.69) is 18.9 Å². The summed E-state index contributed by atoms with van der Waals surface area (Å²) in [6.45, 7) is 5.57. The van der Waals surface area contributed by atoms with Crippen molar-refractivity contribution in [2.45, 2.75) is 37.8 Å². The van der Waals surface area contributed by atoms with Crippen LogP contribution in [0, 0.1) is 5.41 Å². The average molecular weight is 350 g/mol. The molecule has 0 bridgehead atoms. The monoisotopic (exact) mass is 350 g/mol. The first-order chi connectivity index (χ1) is 10.7. The fraction of sp³-hybridized carbons (Fsp3) is 0.438. The maximum atomic E-state index is 12.6. The van der Waals surface area contributed by atoms with Gasteiger partial charge in [0.05, 0.1) is 10.4 Å². The predicted molar refractivity (Wildman–Crippen MR) is 90.6 cm³/mol. The molecule has 2 heterocycles. The summed E-state index contributed by atoms with van der Waals surface area (Å²) in [6, 6.07) is 1.77. The molecule has 0 N–H and O–H groups in total. The Labute approximate surface area is 141 Å². The first kappa shape index (κ1) is 16.4. The summed E-state index contributed by atoms with van der Waals surface area (Å²) in [6.07, 6.45) is 4.41. The second-order valence-electron chi connectivity index (χ2n) is 6.63. The standard InChI is InChI=1S/C16H18N2O3S2/c1-9(19)18-6-5-11(17-18)14-10-7-16(2,3)8-12(20)13(10)15(22-14)23(4)21/h5-6H,7-8H2,1-4H3. The zero-order chi connectivity index (χ0) is 16.9. The zero-order valence-electron chi connectivity index (χ0n) is 13.5. The summed E-state index contributed by atoms with van der Waals surface area (Å²) >= 11 is 0.135. The normalized spacial score (nSPS) is 17.9. The Morgan fingerprint density at radius 3 is 2.70 bits per heavy atom. The van der Waals surface area contributed by atoms with Crippen LogP contribution in [0.2, 0.25) is 0 Å². The molecule has 2 aromatic rings. The third kappa shape index (κ3) is 2.88. The number of hydrogen-bond donors (Lipinski definition) is 0. The van der Waals surface area contributed by atoms with Gasteiger partial charge in [0.25, 0.3) is 0 Å². The minimum atomic E-state index is -1.22. The maximum absolute atomic E-state index is 12.6. The largest absolute Gasteiger partial charge is 0.611 e. The van der Waals surface area contributed by atoms with E-state index in [4.69, 9.17) is 0 Å².